The van der Waals surface area contributed by atoms with Gasteiger partial charge in [-0.25, -0.2) is 4.98 Å². The highest BCUT2D eigenvalue weighted by Gasteiger charge is 2.09. The number of nitrogens with zero attached hydrogens (tertiary/aromatic N) is 6. The third kappa shape index (κ3) is 3.60. The second-order valence-electron chi connectivity index (χ2n) is 3.81. The van der Waals surface area contributed by atoms with E-state index >= 15 is 0 Å². The summed E-state index contributed by atoms with van der Waals surface area (Å²) >= 11 is 0. The van der Waals surface area contributed by atoms with E-state index in [-0.39, 0.29) is 0 Å². The maximum atomic E-state index is 5.51. The van der Waals surface area contributed by atoms with Crippen LogP contribution in [0.25, 0.3) is 5.95 Å². The average Bonchev–Trinajstić information content (AvgIpc) is 2.93. The molecule has 0 aromatic carbocycles. The Morgan fingerprint density at radius 2 is 2.16 bits per heavy atom. The molecule has 1 N–H and O–H groups in total. The predicted octanol–water partition coefficient (Wildman–Crippen LogP) is 1.06. The van der Waals surface area contributed by atoms with Gasteiger partial charge in [0, 0.05) is 6.54 Å². The van der Waals surface area contributed by atoms with Gasteiger partial charge in [-0.2, -0.15) is 24.7 Å². The summed E-state index contributed by atoms with van der Waals surface area (Å²) in [5.41, 5.74) is 0. The first-order valence-electron chi connectivity index (χ1n) is 6.31. The molecule has 2 aromatic heterocycles. The molecule has 0 bridgehead atoms. The van der Waals surface area contributed by atoms with E-state index in [1.54, 1.807) is 0 Å². The molecule has 0 aliphatic carbocycles. The highest BCUT2D eigenvalue weighted by molar-refractivity contribution is 5.29. The zero-order valence-electron chi connectivity index (χ0n) is 11.1. The topological polar surface area (TPSA) is 90.6 Å². The molecule has 19 heavy (non-hydrogen) atoms. The first-order valence-corrected chi connectivity index (χ1v) is 6.31. The van der Waals surface area contributed by atoms with Gasteiger partial charge in [-0.1, -0.05) is 13.3 Å². The summed E-state index contributed by atoms with van der Waals surface area (Å²) in [6, 6.07) is 0.296. The van der Waals surface area contributed by atoms with Crippen molar-refractivity contribution in [1.82, 2.24) is 29.7 Å². The third-order valence-electron chi connectivity index (χ3n) is 2.29. The van der Waals surface area contributed by atoms with Gasteiger partial charge in [0.05, 0.1) is 6.61 Å². The highest BCUT2D eigenvalue weighted by atomic mass is 16.5. The number of hydrogen-bond acceptors (Lipinski definition) is 7. The molecule has 102 valence electrons. The van der Waals surface area contributed by atoms with E-state index in [1.165, 1.54) is 17.3 Å². The summed E-state index contributed by atoms with van der Waals surface area (Å²) in [5.74, 6) is 0.851. The van der Waals surface area contributed by atoms with Crippen LogP contribution in [-0.2, 0) is 0 Å². The lowest BCUT2D eigenvalue weighted by Gasteiger charge is -2.08. The van der Waals surface area contributed by atoms with Gasteiger partial charge in [0.2, 0.25) is 5.95 Å². The van der Waals surface area contributed by atoms with Crippen molar-refractivity contribution in [2.45, 2.75) is 26.7 Å². The van der Waals surface area contributed by atoms with E-state index in [1.807, 2.05) is 6.92 Å². The van der Waals surface area contributed by atoms with Crippen molar-refractivity contribution < 1.29 is 4.74 Å². The first kappa shape index (κ1) is 13.2. The van der Waals surface area contributed by atoms with Gasteiger partial charge in [-0.3, -0.25) is 0 Å². The van der Waals surface area contributed by atoms with Crippen LogP contribution in [0, 0.1) is 0 Å². The molecule has 8 nitrogen and oxygen atoms in total. The molecule has 2 rings (SSSR count). The predicted molar refractivity (Wildman–Crippen MR) is 69.3 cm³/mol. The number of anilines is 1. The first-order chi connectivity index (χ1) is 9.33. The van der Waals surface area contributed by atoms with E-state index in [2.05, 4.69) is 37.3 Å². The Morgan fingerprint density at radius 3 is 2.84 bits per heavy atom. The van der Waals surface area contributed by atoms with Crippen LogP contribution in [0.1, 0.15) is 26.7 Å². The molecule has 0 radical (unpaired) electrons. The number of ether oxygens (including phenoxy) is 1. The Bertz CT molecular complexity index is 500. The van der Waals surface area contributed by atoms with Crippen molar-refractivity contribution in [1.29, 1.82) is 0 Å². The van der Waals surface area contributed by atoms with Gasteiger partial charge in [0.25, 0.3) is 5.95 Å². The van der Waals surface area contributed by atoms with E-state index in [0.29, 0.717) is 24.5 Å². The molecule has 8 heteroatoms. The van der Waals surface area contributed by atoms with E-state index in [9.17, 15) is 0 Å². The lowest BCUT2D eigenvalue weighted by molar-refractivity contribution is 0.284. The highest BCUT2D eigenvalue weighted by Crippen LogP contribution is 2.10. The summed E-state index contributed by atoms with van der Waals surface area (Å²) in [6.07, 6.45) is 4.97. The molecule has 2 heterocycles. The third-order valence-corrected chi connectivity index (χ3v) is 2.29. The minimum Gasteiger partial charge on any atom is -0.463 e. The van der Waals surface area contributed by atoms with Crippen molar-refractivity contribution in [3.8, 4) is 12.0 Å². The standard InChI is InChI=1S/C11H17N7O/c1-3-5-6-19-11-16-9(13-4-2)15-10(17-11)18-8-12-7-14-18/h7-8H,3-6H2,1-2H3,(H,13,15,16,17). The van der Waals surface area contributed by atoms with Crippen LogP contribution < -0.4 is 10.1 Å². The minimum atomic E-state index is 0.296. The van der Waals surface area contributed by atoms with Crippen molar-refractivity contribution in [3.05, 3.63) is 12.7 Å². The Kier molecular flexibility index (Phi) is 4.60. The van der Waals surface area contributed by atoms with Crippen molar-refractivity contribution in [2.24, 2.45) is 0 Å². The van der Waals surface area contributed by atoms with Crippen LogP contribution in [0.3, 0.4) is 0 Å². The molecule has 0 spiro atoms. The van der Waals surface area contributed by atoms with Crippen molar-refractivity contribution >= 4 is 5.95 Å². The van der Waals surface area contributed by atoms with Gasteiger partial charge in [-0.05, 0) is 13.3 Å². The van der Waals surface area contributed by atoms with Crippen molar-refractivity contribution in [2.75, 3.05) is 18.5 Å². The zero-order chi connectivity index (χ0) is 13.5. The Hall–Kier alpha value is -2.25. The maximum absolute atomic E-state index is 5.51. The molecule has 0 saturated heterocycles. The van der Waals surface area contributed by atoms with Crippen molar-refractivity contribution in [3.63, 3.8) is 0 Å². The number of rotatable bonds is 7. The number of aromatic nitrogens is 6. The lowest BCUT2D eigenvalue weighted by atomic mass is 10.4. The largest absolute Gasteiger partial charge is 0.463 e. The van der Waals surface area contributed by atoms with Crippen LogP contribution in [0.5, 0.6) is 6.01 Å². The summed E-state index contributed by atoms with van der Waals surface area (Å²) < 4.78 is 6.98. The quantitative estimate of drug-likeness (QED) is 0.747. The summed E-state index contributed by atoms with van der Waals surface area (Å²) in [6.45, 7) is 5.37. The summed E-state index contributed by atoms with van der Waals surface area (Å²) in [5, 5.41) is 7.03. The van der Waals surface area contributed by atoms with Crippen LogP contribution in [0.15, 0.2) is 12.7 Å². The van der Waals surface area contributed by atoms with E-state index in [0.717, 1.165) is 19.4 Å². The molecule has 0 saturated carbocycles. The second-order valence-corrected chi connectivity index (χ2v) is 3.81. The molecule has 0 amide bonds. The minimum absolute atomic E-state index is 0.296. The molecule has 0 aliphatic rings. The average molecular weight is 263 g/mol. The molecule has 0 aliphatic heterocycles. The summed E-state index contributed by atoms with van der Waals surface area (Å²) in [7, 11) is 0. The summed E-state index contributed by atoms with van der Waals surface area (Å²) in [4.78, 5) is 16.5. The van der Waals surface area contributed by atoms with Gasteiger partial charge in [0.1, 0.15) is 12.7 Å². The molecule has 0 unspecified atom stereocenters. The maximum Gasteiger partial charge on any atom is 0.323 e. The van der Waals surface area contributed by atoms with Gasteiger partial charge >= 0.3 is 6.01 Å². The molecular weight excluding hydrogens is 246 g/mol. The van der Waals surface area contributed by atoms with Crippen LogP contribution >= 0.6 is 0 Å². The van der Waals surface area contributed by atoms with Gasteiger partial charge in [0.15, 0.2) is 0 Å². The van der Waals surface area contributed by atoms with Gasteiger partial charge in [-0.15, -0.1) is 0 Å². The molecule has 0 fully saturated rings. The second kappa shape index (κ2) is 6.62. The Balaban J connectivity index is 2.22. The molecule has 2 aromatic rings. The fourth-order valence-corrected chi connectivity index (χ4v) is 1.37. The Labute approximate surface area is 111 Å². The van der Waals surface area contributed by atoms with Crippen LogP contribution in [0.2, 0.25) is 0 Å². The Morgan fingerprint density at radius 1 is 1.26 bits per heavy atom. The van der Waals surface area contributed by atoms with Gasteiger partial charge < -0.3 is 10.1 Å². The fourth-order valence-electron chi connectivity index (χ4n) is 1.37. The number of unbranched alkanes of at least 4 members (excludes halogenated alkanes) is 1. The normalized spacial score (nSPS) is 10.4. The molecule has 0 atom stereocenters. The van der Waals surface area contributed by atoms with Crippen LogP contribution in [0.4, 0.5) is 5.95 Å². The fraction of sp³-hybridized carbons (Fsp3) is 0.545. The monoisotopic (exact) mass is 263 g/mol. The zero-order valence-corrected chi connectivity index (χ0v) is 11.1. The number of nitrogens with one attached hydrogen (secondary N) is 1. The van der Waals surface area contributed by atoms with Crippen LogP contribution in [-0.4, -0.2) is 42.9 Å². The lowest BCUT2D eigenvalue weighted by Crippen LogP contribution is -2.11. The number of hydrogen-bond donors (Lipinski definition) is 1. The van der Waals surface area contributed by atoms with E-state index < -0.39 is 0 Å². The SMILES string of the molecule is CCCCOc1nc(NCC)nc(-n2cncn2)n1. The van der Waals surface area contributed by atoms with E-state index in [4.69, 9.17) is 4.74 Å². The smallest absolute Gasteiger partial charge is 0.323 e. The molecular formula is C11H17N7O.